The number of nitrogens with one attached hydrogen (secondary N) is 2. The second-order valence-corrected chi connectivity index (χ2v) is 6.83. The van der Waals surface area contributed by atoms with Crippen molar-refractivity contribution in [2.75, 3.05) is 10.6 Å². The van der Waals surface area contributed by atoms with E-state index in [1.807, 2.05) is 0 Å². The van der Waals surface area contributed by atoms with Gasteiger partial charge in [0.25, 0.3) is 0 Å². The summed E-state index contributed by atoms with van der Waals surface area (Å²) in [4.78, 5) is 23.5. The zero-order chi connectivity index (χ0) is 21.3. The molecule has 2 amide bonds. The first-order valence-corrected chi connectivity index (χ1v) is 8.67. The number of carbonyl (C=O) groups is 2. The fourth-order valence-electron chi connectivity index (χ4n) is 1.89. The van der Waals surface area contributed by atoms with E-state index in [4.69, 9.17) is 46.4 Å². The highest BCUT2D eigenvalue weighted by atomic mass is 35.5. The molecule has 12 heteroatoms. The number of rotatable bonds is 5. The Kier molecular flexibility index (Phi) is 6.70. The Balaban J connectivity index is 2.26. The van der Waals surface area contributed by atoms with E-state index < -0.39 is 35.0 Å². The molecule has 0 aromatic heterocycles. The highest BCUT2D eigenvalue weighted by molar-refractivity contribution is 6.44. The van der Waals surface area contributed by atoms with Crippen molar-refractivity contribution in [3.8, 4) is 0 Å². The zero-order valence-corrected chi connectivity index (χ0v) is 16.3. The van der Waals surface area contributed by atoms with Crippen molar-refractivity contribution >= 4 is 69.6 Å². The molecule has 150 valence electrons. The van der Waals surface area contributed by atoms with Crippen LogP contribution in [0.5, 0.6) is 0 Å². The summed E-state index contributed by atoms with van der Waals surface area (Å²) in [6.07, 6.45) is 0. The van der Waals surface area contributed by atoms with Crippen LogP contribution in [0.15, 0.2) is 36.4 Å². The highest BCUT2D eigenvalue weighted by Gasteiger charge is 2.67. The van der Waals surface area contributed by atoms with Gasteiger partial charge in [0.15, 0.2) is 0 Å². The van der Waals surface area contributed by atoms with Gasteiger partial charge in [0.05, 0.1) is 31.5 Å². The first-order valence-electron chi connectivity index (χ1n) is 7.16. The van der Waals surface area contributed by atoms with Crippen LogP contribution in [0.3, 0.4) is 0 Å². The summed E-state index contributed by atoms with van der Waals surface area (Å²) >= 11 is 22.8. The normalized spacial score (nSPS) is 11.9. The third-order valence-electron chi connectivity index (χ3n) is 3.36. The number of halogens is 8. The smallest absolute Gasteiger partial charge is 0.319 e. The lowest BCUT2D eigenvalue weighted by atomic mass is 10.1. The number of hydrogen-bond donors (Lipinski definition) is 2. The molecule has 0 atom stereocenters. The van der Waals surface area contributed by atoms with Gasteiger partial charge in [-0.1, -0.05) is 58.5 Å². The summed E-state index contributed by atoms with van der Waals surface area (Å²) in [5.41, 5.74) is -0.874. The van der Waals surface area contributed by atoms with E-state index in [0.717, 1.165) is 12.1 Å². The fraction of sp³-hybridized carbons (Fsp3) is 0.125. The summed E-state index contributed by atoms with van der Waals surface area (Å²) in [6.45, 7) is 0. The molecular weight excluding hydrogens is 470 g/mol. The van der Waals surface area contributed by atoms with Crippen molar-refractivity contribution in [3.05, 3.63) is 56.5 Å². The number of hydrogen-bond acceptors (Lipinski definition) is 2. The topological polar surface area (TPSA) is 58.2 Å². The minimum Gasteiger partial charge on any atom is -0.319 e. The van der Waals surface area contributed by atoms with Gasteiger partial charge in [-0.2, -0.15) is 17.6 Å². The number of anilines is 2. The highest BCUT2D eigenvalue weighted by Crippen LogP contribution is 2.39. The monoisotopic (exact) mass is 476 g/mol. The lowest BCUT2D eigenvalue weighted by molar-refractivity contribution is -0.204. The van der Waals surface area contributed by atoms with Crippen LogP contribution in [-0.2, 0) is 9.59 Å². The van der Waals surface area contributed by atoms with E-state index in [1.165, 1.54) is 34.9 Å². The molecule has 2 rings (SSSR count). The second kappa shape index (κ2) is 8.32. The van der Waals surface area contributed by atoms with Gasteiger partial charge in [-0.15, -0.1) is 0 Å². The Hall–Kier alpha value is -1.74. The molecule has 4 nitrogen and oxygen atoms in total. The van der Waals surface area contributed by atoms with Gasteiger partial charge < -0.3 is 10.6 Å². The quantitative estimate of drug-likeness (QED) is 0.507. The van der Waals surface area contributed by atoms with E-state index >= 15 is 0 Å². The van der Waals surface area contributed by atoms with E-state index in [1.54, 1.807) is 0 Å². The third kappa shape index (κ3) is 4.30. The summed E-state index contributed by atoms with van der Waals surface area (Å²) in [5.74, 6) is -15.8. The molecule has 0 spiro atoms. The molecule has 2 N–H and O–H groups in total. The maximum absolute atomic E-state index is 14.1. The van der Waals surface area contributed by atoms with Crippen LogP contribution in [0, 0.1) is 0 Å². The fourth-order valence-corrected chi connectivity index (χ4v) is 2.58. The number of alkyl halides is 4. The first-order chi connectivity index (χ1) is 12.9. The van der Waals surface area contributed by atoms with Crippen LogP contribution in [0.25, 0.3) is 0 Å². The summed E-state index contributed by atoms with van der Waals surface area (Å²) in [5, 5.41) is 2.15. The molecular formula is C16H8Cl4F4N2O2. The maximum atomic E-state index is 14.1. The van der Waals surface area contributed by atoms with Crippen molar-refractivity contribution in [3.63, 3.8) is 0 Å². The van der Waals surface area contributed by atoms with Crippen LogP contribution in [-0.4, -0.2) is 23.7 Å². The predicted molar refractivity (Wildman–Crippen MR) is 100 cm³/mol. The van der Waals surface area contributed by atoms with Crippen LogP contribution in [0.2, 0.25) is 20.1 Å². The summed E-state index contributed by atoms with van der Waals surface area (Å²) < 4.78 is 56.4. The molecule has 0 saturated carbocycles. The maximum Gasteiger partial charge on any atom is 0.396 e. The zero-order valence-electron chi connectivity index (χ0n) is 13.3. The van der Waals surface area contributed by atoms with E-state index in [2.05, 4.69) is 0 Å². The van der Waals surface area contributed by atoms with E-state index in [9.17, 15) is 27.2 Å². The van der Waals surface area contributed by atoms with E-state index in [0.29, 0.717) is 0 Å². The molecule has 28 heavy (non-hydrogen) atoms. The van der Waals surface area contributed by atoms with Gasteiger partial charge in [-0.25, -0.2) is 0 Å². The molecule has 0 heterocycles. The van der Waals surface area contributed by atoms with Gasteiger partial charge in [0, 0.05) is 0 Å². The first kappa shape index (κ1) is 22.5. The molecule has 2 aromatic rings. The Labute approximate surface area is 175 Å². The molecule has 0 bridgehead atoms. The molecule has 0 aliphatic rings. The minimum absolute atomic E-state index is 0.108. The Morgan fingerprint density at radius 3 is 1.32 bits per heavy atom. The molecule has 0 aliphatic heterocycles. The molecule has 0 fully saturated rings. The summed E-state index contributed by atoms with van der Waals surface area (Å²) in [7, 11) is 0. The van der Waals surface area contributed by atoms with Crippen LogP contribution >= 0.6 is 46.4 Å². The minimum atomic E-state index is -5.44. The van der Waals surface area contributed by atoms with Crippen molar-refractivity contribution in [1.82, 2.24) is 0 Å². The van der Waals surface area contributed by atoms with Gasteiger partial charge in [-0.3, -0.25) is 9.59 Å². The molecule has 0 radical (unpaired) electrons. The predicted octanol–water partition coefficient (Wildman–Crippen LogP) is 6.15. The van der Waals surface area contributed by atoms with Crippen molar-refractivity contribution in [2.24, 2.45) is 0 Å². The summed E-state index contributed by atoms with van der Waals surface area (Å²) in [6, 6.07) is 7.18. The average molecular weight is 478 g/mol. The number of carbonyl (C=O) groups excluding carboxylic acids is 2. The Morgan fingerprint density at radius 1 is 0.679 bits per heavy atom. The van der Waals surface area contributed by atoms with Crippen LogP contribution < -0.4 is 10.6 Å². The van der Waals surface area contributed by atoms with Crippen molar-refractivity contribution in [2.45, 2.75) is 11.8 Å². The van der Waals surface area contributed by atoms with Crippen LogP contribution in [0.1, 0.15) is 0 Å². The number of amides is 2. The lowest BCUT2D eigenvalue weighted by Crippen LogP contribution is -2.56. The van der Waals surface area contributed by atoms with Gasteiger partial charge in [0.2, 0.25) is 0 Å². The van der Waals surface area contributed by atoms with Gasteiger partial charge in [0.1, 0.15) is 0 Å². The van der Waals surface area contributed by atoms with Gasteiger partial charge >= 0.3 is 23.7 Å². The second-order valence-electron chi connectivity index (χ2n) is 5.26. The van der Waals surface area contributed by atoms with Crippen molar-refractivity contribution < 1.29 is 27.2 Å². The number of benzene rings is 2. The standard InChI is InChI=1S/C16H8Cl4F4N2O2/c17-7-3-1-5-9(11(7)19)25-13(27)15(21,22)16(23,24)14(28)26-10-6-2-4-8(18)12(10)20/h1-6H,(H,25,27)(H,26,28). The third-order valence-corrected chi connectivity index (χ3v) is 5.00. The SMILES string of the molecule is O=C(Nc1cccc(Cl)c1Cl)C(F)(F)C(F)(F)C(=O)Nc1cccc(Cl)c1Cl. The molecule has 0 unspecified atom stereocenters. The molecule has 0 saturated heterocycles. The molecule has 0 aliphatic carbocycles. The average Bonchev–Trinajstić information content (AvgIpc) is 2.62. The van der Waals surface area contributed by atoms with E-state index in [-0.39, 0.29) is 20.1 Å². The molecule has 2 aromatic carbocycles. The van der Waals surface area contributed by atoms with Crippen LogP contribution in [0.4, 0.5) is 28.9 Å². The Morgan fingerprint density at radius 2 is 1.00 bits per heavy atom. The largest absolute Gasteiger partial charge is 0.396 e. The lowest BCUT2D eigenvalue weighted by Gasteiger charge is -2.25. The Bertz CT molecular complexity index is 865. The van der Waals surface area contributed by atoms with Gasteiger partial charge in [-0.05, 0) is 24.3 Å². The van der Waals surface area contributed by atoms with Crippen molar-refractivity contribution in [1.29, 1.82) is 0 Å².